The lowest BCUT2D eigenvalue weighted by Crippen LogP contribution is -2.39. The van der Waals surface area contributed by atoms with Gasteiger partial charge in [-0.05, 0) is 24.7 Å². The van der Waals surface area contributed by atoms with Crippen molar-refractivity contribution >= 4 is 44.4 Å². The topological polar surface area (TPSA) is 92.3 Å². The molecule has 138 valence electrons. The van der Waals surface area contributed by atoms with Gasteiger partial charge in [-0.1, -0.05) is 36.4 Å². The van der Waals surface area contributed by atoms with Crippen molar-refractivity contribution in [1.29, 1.82) is 0 Å². The molecule has 2 aliphatic rings. The van der Waals surface area contributed by atoms with Crippen molar-refractivity contribution < 1.29 is 18.0 Å². The molecule has 2 aromatic carbocycles. The Labute approximate surface area is 161 Å². The van der Waals surface area contributed by atoms with E-state index in [2.05, 4.69) is 10.6 Å². The van der Waals surface area contributed by atoms with Crippen LogP contribution >= 0.6 is 12.2 Å². The third-order valence-electron chi connectivity index (χ3n) is 4.77. The van der Waals surface area contributed by atoms with E-state index in [1.807, 2.05) is 0 Å². The molecule has 8 heteroatoms. The van der Waals surface area contributed by atoms with E-state index in [9.17, 15) is 18.0 Å². The highest BCUT2D eigenvalue weighted by atomic mass is 32.2. The molecular formula is C19H16N2O4S2. The first-order valence-corrected chi connectivity index (χ1v) is 10.7. The summed E-state index contributed by atoms with van der Waals surface area (Å²) in [6.07, 6.45) is 0.488. The molecule has 2 N–H and O–H groups in total. The molecule has 0 amide bonds. The average Bonchev–Trinajstić information content (AvgIpc) is 2.97. The third kappa shape index (κ3) is 3.26. The lowest BCUT2D eigenvalue weighted by atomic mass is 9.83. The quantitative estimate of drug-likeness (QED) is 0.635. The minimum Gasteiger partial charge on any atom is -0.359 e. The minimum atomic E-state index is -3.03. The second kappa shape index (κ2) is 6.54. The summed E-state index contributed by atoms with van der Waals surface area (Å²) >= 11 is 5.29. The van der Waals surface area contributed by atoms with Gasteiger partial charge in [0.05, 0.1) is 22.8 Å². The number of thiocarbonyl (C=S) groups is 1. The monoisotopic (exact) mass is 400 g/mol. The van der Waals surface area contributed by atoms with Crippen molar-refractivity contribution in [2.45, 2.75) is 12.5 Å². The molecular weight excluding hydrogens is 384 g/mol. The molecule has 2 aromatic rings. The first-order chi connectivity index (χ1) is 12.9. The van der Waals surface area contributed by atoms with Gasteiger partial charge >= 0.3 is 0 Å². The Bertz CT molecular complexity index is 1090. The fourth-order valence-corrected chi connectivity index (χ4v) is 5.45. The highest BCUT2D eigenvalue weighted by Crippen LogP contribution is 2.31. The molecule has 1 unspecified atom stereocenters. The van der Waals surface area contributed by atoms with E-state index < -0.39 is 9.84 Å². The van der Waals surface area contributed by atoms with Crippen LogP contribution in [0.25, 0.3) is 0 Å². The summed E-state index contributed by atoms with van der Waals surface area (Å²) in [4.78, 5) is 25.7. The maximum absolute atomic E-state index is 13.0. The Balaban J connectivity index is 1.61. The summed E-state index contributed by atoms with van der Waals surface area (Å²) < 4.78 is 23.2. The van der Waals surface area contributed by atoms with Gasteiger partial charge in [-0.25, -0.2) is 8.42 Å². The van der Waals surface area contributed by atoms with Crippen LogP contribution in [0.2, 0.25) is 0 Å². The van der Waals surface area contributed by atoms with Gasteiger partial charge < -0.3 is 10.6 Å². The van der Waals surface area contributed by atoms with E-state index in [1.165, 1.54) is 0 Å². The van der Waals surface area contributed by atoms with E-state index in [0.717, 1.165) is 0 Å². The maximum Gasteiger partial charge on any atom is 0.196 e. The molecule has 0 spiro atoms. The summed E-state index contributed by atoms with van der Waals surface area (Å²) in [6, 6.07) is 11.5. The van der Waals surface area contributed by atoms with Crippen molar-refractivity contribution in [3.63, 3.8) is 0 Å². The normalized spacial score (nSPS) is 19.9. The van der Waals surface area contributed by atoms with Crippen LogP contribution < -0.4 is 10.6 Å². The molecule has 1 heterocycles. The number of nitrogens with one attached hydrogen (secondary N) is 2. The zero-order chi connectivity index (χ0) is 19.2. The third-order valence-corrected chi connectivity index (χ3v) is 6.76. The molecule has 1 atom stereocenters. The molecule has 0 aromatic heterocycles. The number of benzene rings is 2. The van der Waals surface area contributed by atoms with Gasteiger partial charge in [-0.2, -0.15) is 0 Å². The summed E-state index contributed by atoms with van der Waals surface area (Å²) in [5.74, 6) is -0.274. The lowest BCUT2D eigenvalue weighted by Gasteiger charge is -2.22. The fraction of sp³-hybridized carbons (Fsp3) is 0.211. The number of hydrogen-bond acceptors (Lipinski definition) is 5. The summed E-state index contributed by atoms with van der Waals surface area (Å²) in [5, 5.41) is 6.16. The van der Waals surface area contributed by atoms with Gasteiger partial charge in [-0.3, -0.25) is 9.59 Å². The Morgan fingerprint density at radius 2 is 1.63 bits per heavy atom. The second-order valence-electron chi connectivity index (χ2n) is 6.63. The number of fused-ring (bicyclic) bond motifs is 2. The van der Waals surface area contributed by atoms with Gasteiger partial charge in [0.2, 0.25) is 0 Å². The van der Waals surface area contributed by atoms with Gasteiger partial charge in [0.15, 0.2) is 26.5 Å². The maximum atomic E-state index is 13.0. The van der Waals surface area contributed by atoms with E-state index in [4.69, 9.17) is 12.2 Å². The molecule has 0 bridgehead atoms. The van der Waals surface area contributed by atoms with Gasteiger partial charge in [0.25, 0.3) is 0 Å². The first kappa shape index (κ1) is 17.8. The van der Waals surface area contributed by atoms with E-state index >= 15 is 0 Å². The van der Waals surface area contributed by atoms with Crippen molar-refractivity contribution in [2.24, 2.45) is 0 Å². The highest BCUT2D eigenvalue weighted by Gasteiger charge is 2.32. The average molecular weight is 400 g/mol. The highest BCUT2D eigenvalue weighted by molar-refractivity contribution is 7.91. The van der Waals surface area contributed by atoms with E-state index in [-0.39, 0.29) is 39.8 Å². The number of anilines is 1. The van der Waals surface area contributed by atoms with Crippen LogP contribution in [0.3, 0.4) is 0 Å². The van der Waals surface area contributed by atoms with Gasteiger partial charge in [-0.15, -0.1) is 0 Å². The SMILES string of the molecule is O=C1c2ccccc2C(=O)c2c(NC(=S)NC3CCS(=O)(=O)C3)cccc21. The molecule has 4 rings (SSSR count). The molecule has 1 aliphatic carbocycles. The predicted octanol–water partition coefficient (Wildman–Crippen LogP) is 1.94. The zero-order valence-electron chi connectivity index (χ0n) is 14.2. The first-order valence-electron chi connectivity index (χ1n) is 8.45. The fourth-order valence-electron chi connectivity index (χ4n) is 3.50. The van der Waals surface area contributed by atoms with Crippen LogP contribution in [-0.2, 0) is 9.84 Å². The Kier molecular flexibility index (Phi) is 4.32. The van der Waals surface area contributed by atoms with Crippen LogP contribution in [0.5, 0.6) is 0 Å². The van der Waals surface area contributed by atoms with Crippen LogP contribution in [0.4, 0.5) is 5.69 Å². The van der Waals surface area contributed by atoms with Crippen molar-refractivity contribution in [2.75, 3.05) is 16.8 Å². The minimum absolute atomic E-state index is 0.0342. The molecule has 0 saturated carbocycles. The van der Waals surface area contributed by atoms with E-state index in [1.54, 1.807) is 42.5 Å². The molecule has 1 fully saturated rings. The zero-order valence-corrected chi connectivity index (χ0v) is 15.8. The van der Waals surface area contributed by atoms with Crippen LogP contribution in [-0.4, -0.2) is 42.6 Å². The van der Waals surface area contributed by atoms with Crippen molar-refractivity contribution in [3.05, 3.63) is 64.7 Å². The summed E-state index contributed by atoms with van der Waals surface area (Å²) in [7, 11) is -3.03. The second-order valence-corrected chi connectivity index (χ2v) is 9.27. The van der Waals surface area contributed by atoms with Gasteiger partial charge in [0, 0.05) is 22.7 Å². The number of carbonyl (C=O) groups excluding carboxylic acids is 2. The lowest BCUT2D eigenvalue weighted by molar-refractivity contribution is 0.0979. The van der Waals surface area contributed by atoms with Crippen LogP contribution in [0.1, 0.15) is 38.3 Å². The van der Waals surface area contributed by atoms with Gasteiger partial charge in [0.1, 0.15) is 0 Å². The number of sulfone groups is 1. The number of carbonyl (C=O) groups is 2. The number of rotatable bonds is 2. The van der Waals surface area contributed by atoms with Crippen molar-refractivity contribution in [1.82, 2.24) is 5.32 Å². The predicted molar refractivity (Wildman–Crippen MR) is 106 cm³/mol. The molecule has 1 saturated heterocycles. The Morgan fingerprint density at radius 1 is 0.963 bits per heavy atom. The standard InChI is InChI=1S/C19H16N2O4S2/c22-17-12-4-1-2-5-13(12)18(23)16-14(17)6-3-7-15(16)21-19(26)20-11-8-9-27(24,25)10-11/h1-7,11H,8-10H2,(H2,20,21,26). The summed E-state index contributed by atoms with van der Waals surface area (Å²) in [6.45, 7) is 0. The molecule has 0 radical (unpaired) electrons. The Hall–Kier alpha value is -2.58. The Morgan fingerprint density at radius 3 is 2.30 bits per heavy atom. The van der Waals surface area contributed by atoms with Crippen LogP contribution in [0.15, 0.2) is 42.5 Å². The summed E-state index contributed by atoms with van der Waals surface area (Å²) in [5.41, 5.74) is 1.80. The number of ketones is 2. The largest absolute Gasteiger partial charge is 0.359 e. The molecule has 27 heavy (non-hydrogen) atoms. The number of hydrogen-bond donors (Lipinski definition) is 2. The molecule has 1 aliphatic heterocycles. The van der Waals surface area contributed by atoms with Crippen LogP contribution in [0, 0.1) is 0 Å². The smallest absolute Gasteiger partial charge is 0.196 e. The van der Waals surface area contributed by atoms with E-state index in [0.29, 0.717) is 28.8 Å². The van der Waals surface area contributed by atoms with Crippen molar-refractivity contribution in [3.8, 4) is 0 Å². The molecule has 6 nitrogen and oxygen atoms in total.